The molecule has 0 aliphatic carbocycles. The van der Waals surface area contributed by atoms with E-state index in [0.717, 1.165) is 22.3 Å². The molecule has 0 unspecified atom stereocenters. The van der Waals surface area contributed by atoms with Crippen LogP contribution in [0.3, 0.4) is 0 Å². The molecule has 16 heavy (non-hydrogen) atoms. The highest BCUT2D eigenvalue weighted by Gasteiger charge is 1.95. The van der Waals surface area contributed by atoms with Crippen LogP contribution in [0.1, 0.15) is 0 Å². The van der Waals surface area contributed by atoms with Gasteiger partial charge in [0.25, 0.3) is 0 Å². The van der Waals surface area contributed by atoms with E-state index in [9.17, 15) is 4.39 Å². The molecule has 0 aliphatic heterocycles. The summed E-state index contributed by atoms with van der Waals surface area (Å²) in [6.45, 7) is 1.56. The minimum atomic E-state index is -0.216. The second kappa shape index (κ2) is 5.29. The monoisotopic (exact) mass is 331 g/mol. The van der Waals surface area contributed by atoms with Crippen LogP contribution in [0, 0.1) is 9.39 Å². The molecule has 5 heteroatoms. The molecule has 1 N–H and O–H groups in total. The summed E-state index contributed by atoms with van der Waals surface area (Å²) in [6.07, 6.45) is 3.80. The lowest BCUT2D eigenvalue weighted by atomic mass is 10.3. The summed E-state index contributed by atoms with van der Waals surface area (Å²) in [7, 11) is 0. The predicted octanol–water partition coefficient (Wildman–Crippen LogP) is 2.74. The minimum absolute atomic E-state index is 0.216. The van der Waals surface area contributed by atoms with Crippen molar-refractivity contribution in [1.29, 1.82) is 0 Å². The summed E-state index contributed by atoms with van der Waals surface area (Å²) in [5.41, 5.74) is 0.920. The molecule has 0 saturated carbocycles. The summed E-state index contributed by atoms with van der Waals surface area (Å²) in [4.78, 5) is 0. The number of hydrogen-bond donors (Lipinski definition) is 1. The van der Waals surface area contributed by atoms with Crippen LogP contribution < -0.4 is 5.32 Å². The molecule has 0 fully saturated rings. The average molecular weight is 331 g/mol. The van der Waals surface area contributed by atoms with E-state index in [-0.39, 0.29) is 5.82 Å². The Kier molecular flexibility index (Phi) is 3.76. The van der Waals surface area contributed by atoms with E-state index in [1.54, 1.807) is 12.1 Å². The highest BCUT2D eigenvalue weighted by atomic mass is 127. The summed E-state index contributed by atoms with van der Waals surface area (Å²) in [5, 5.41) is 7.37. The smallest absolute Gasteiger partial charge is 0.123 e. The first kappa shape index (κ1) is 11.4. The summed E-state index contributed by atoms with van der Waals surface area (Å²) in [5.74, 6) is -0.216. The van der Waals surface area contributed by atoms with Crippen LogP contribution in [0.15, 0.2) is 36.7 Å². The van der Waals surface area contributed by atoms with E-state index in [1.165, 1.54) is 12.1 Å². The molecule has 0 spiro atoms. The predicted molar refractivity (Wildman–Crippen MR) is 69.8 cm³/mol. The quantitative estimate of drug-likeness (QED) is 0.873. The van der Waals surface area contributed by atoms with Gasteiger partial charge in [-0.15, -0.1) is 0 Å². The van der Waals surface area contributed by atoms with E-state index in [0.29, 0.717) is 0 Å². The first-order valence-electron chi connectivity index (χ1n) is 4.91. The van der Waals surface area contributed by atoms with Crippen LogP contribution in [-0.2, 0) is 6.54 Å². The Bertz CT molecular complexity index is 453. The van der Waals surface area contributed by atoms with E-state index < -0.39 is 0 Å². The SMILES string of the molecule is Fc1ccc(NCCn2cc(I)cn2)cc1. The van der Waals surface area contributed by atoms with Crippen molar-refractivity contribution >= 4 is 28.3 Å². The highest BCUT2D eigenvalue weighted by Crippen LogP contribution is 2.07. The fourth-order valence-corrected chi connectivity index (χ4v) is 1.79. The Hall–Kier alpha value is -1.11. The van der Waals surface area contributed by atoms with Gasteiger partial charge in [-0.2, -0.15) is 5.10 Å². The summed E-state index contributed by atoms with van der Waals surface area (Å²) >= 11 is 2.22. The van der Waals surface area contributed by atoms with Gasteiger partial charge in [0.1, 0.15) is 5.82 Å². The Morgan fingerprint density at radius 3 is 2.69 bits per heavy atom. The molecule has 2 rings (SSSR count). The number of nitrogens with zero attached hydrogens (tertiary/aromatic N) is 2. The maximum absolute atomic E-state index is 12.6. The first-order chi connectivity index (χ1) is 7.74. The van der Waals surface area contributed by atoms with Crippen molar-refractivity contribution in [2.45, 2.75) is 6.54 Å². The van der Waals surface area contributed by atoms with Crippen LogP contribution >= 0.6 is 22.6 Å². The fraction of sp³-hybridized carbons (Fsp3) is 0.182. The number of benzene rings is 1. The second-order valence-corrected chi connectivity index (χ2v) is 4.60. The standard InChI is InChI=1S/C11H11FIN3/c12-9-1-3-11(4-2-9)14-5-6-16-8-10(13)7-15-16/h1-4,7-8,14H,5-6H2. The third-order valence-corrected chi connectivity index (χ3v) is 2.67. The minimum Gasteiger partial charge on any atom is -0.383 e. The molecule has 0 radical (unpaired) electrons. The van der Waals surface area contributed by atoms with E-state index in [1.807, 2.05) is 17.1 Å². The molecule has 0 bridgehead atoms. The van der Waals surface area contributed by atoms with Crippen LogP contribution in [0.5, 0.6) is 0 Å². The second-order valence-electron chi connectivity index (χ2n) is 3.36. The number of rotatable bonds is 4. The van der Waals surface area contributed by atoms with E-state index in [2.05, 4.69) is 33.0 Å². The fourth-order valence-electron chi connectivity index (χ4n) is 1.34. The maximum atomic E-state index is 12.6. The van der Waals surface area contributed by atoms with Crippen LogP contribution in [0.2, 0.25) is 0 Å². The van der Waals surface area contributed by atoms with Crippen molar-refractivity contribution in [3.05, 3.63) is 46.0 Å². The van der Waals surface area contributed by atoms with Crippen molar-refractivity contribution < 1.29 is 4.39 Å². The number of anilines is 1. The van der Waals surface area contributed by atoms with Gasteiger partial charge in [0, 0.05) is 18.4 Å². The van der Waals surface area contributed by atoms with Crippen molar-refractivity contribution in [1.82, 2.24) is 9.78 Å². The zero-order chi connectivity index (χ0) is 11.4. The Balaban J connectivity index is 1.82. The van der Waals surface area contributed by atoms with Gasteiger partial charge in [-0.25, -0.2) is 4.39 Å². The highest BCUT2D eigenvalue weighted by molar-refractivity contribution is 14.1. The molecule has 0 aliphatic rings. The third kappa shape index (κ3) is 3.19. The van der Waals surface area contributed by atoms with Crippen LogP contribution in [0.4, 0.5) is 10.1 Å². The Labute approximate surface area is 107 Å². The molecule has 0 atom stereocenters. The topological polar surface area (TPSA) is 29.9 Å². The van der Waals surface area contributed by atoms with E-state index in [4.69, 9.17) is 0 Å². The first-order valence-corrected chi connectivity index (χ1v) is 5.99. The molecular formula is C11H11FIN3. The molecule has 1 aromatic heterocycles. The van der Waals surface area contributed by atoms with Crippen LogP contribution in [0.25, 0.3) is 0 Å². The average Bonchev–Trinajstić information content (AvgIpc) is 2.67. The molecule has 3 nitrogen and oxygen atoms in total. The third-order valence-electron chi connectivity index (χ3n) is 2.12. The number of halogens is 2. The van der Waals surface area contributed by atoms with Crippen molar-refractivity contribution in [2.24, 2.45) is 0 Å². The largest absolute Gasteiger partial charge is 0.383 e. The van der Waals surface area contributed by atoms with Gasteiger partial charge in [-0.1, -0.05) is 0 Å². The number of hydrogen-bond acceptors (Lipinski definition) is 2. The van der Waals surface area contributed by atoms with E-state index >= 15 is 0 Å². The lowest BCUT2D eigenvalue weighted by Gasteiger charge is -2.06. The maximum Gasteiger partial charge on any atom is 0.123 e. The zero-order valence-electron chi connectivity index (χ0n) is 8.53. The summed E-state index contributed by atoms with van der Waals surface area (Å²) in [6, 6.07) is 6.34. The molecule has 1 aromatic carbocycles. The van der Waals surface area contributed by atoms with Gasteiger partial charge >= 0.3 is 0 Å². The van der Waals surface area contributed by atoms with Gasteiger partial charge < -0.3 is 5.32 Å². The number of aromatic nitrogens is 2. The molecule has 84 valence electrons. The Morgan fingerprint density at radius 2 is 2.06 bits per heavy atom. The molecule has 0 saturated heterocycles. The molecular weight excluding hydrogens is 320 g/mol. The van der Waals surface area contributed by atoms with Gasteiger partial charge in [0.2, 0.25) is 0 Å². The molecule has 1 heterocycles. The van der Waals surface area contributed by atoms with Gasteiger partial charge in [-0.3, -0.25) is 4.68 Å². The van der Waals surface area contributed by atoms with Gasteiger partial charge in [-0.05, 0) is 46.9 Å². The van der Waals surface area contributed by atoms with Crippen molar-refractivity contribution in [2.75, 3.05) is 11.9 Å². The van der Waals surface area contributed by atoms with Crippen molar-refractivity contribution in [3.63, 3.8) is 0 Å². The molecule has 0 amide bonds. The zero-order valence-corrected chi connectivity index (χ0v) is 10.7. The Morgan fingerprint density at radius 1 is 1.31 bits per heavy atom. The lowest BCUT2D eigenvalue weighted by Crippen LogP contribution is -2.10. The number of nitrogens with one attached hydrogen (secondary N) is 1. The van der Waals surface area contributed by atoms with Gasteiger partial charge in [0.15, 0.2) is 0 Å². The van der Waals surface area contributed by atoms with Gasteiger partial charge in [0.05, 0.1) is 16.3 Å². The van der Waals surface area contributed by atoms with Crippen molar-refractivity contribution in [3.8, 4) is 0 Å². The van der Waals surface area contributed by atoms with Crippen LogP contribution in [-0.4, -0.2) is 16.3 Å². The normalized spacial score (nSPS) is 10.4. The lowest BCUT2D eigenvalue weighted by molar-refractivity contribution is 0.627. The summed E-state index contributed by atoms with van der Waals surface area (Å²) < 4.78 is 15.6. The molecule has 2 aromatic rings.